The molecule has 25 heavy (non-hydrogen) atoms. The number of halogens is 1. The molecule has 2 fully saturated rings. The first-order valence-electron chi connectivity index (χ1n) is 8.79. The summed E-state index contributed by atoms with van der Waals surface area (Å²) in [6, 6.07) is 9.48. The van der Waals surface area contributed by atoms with Gasteiger partial charge in [-0.05, 0) is 36.6 Å². The average molecular weight is 357 g/mol. The predicted octanol–water partition coefficient (Wildman–Crippen LogP) is 2.90. The molecule has 1 aliphatic heterocycles. The number of amides is 1. The Morgan fingerprint density at radius 2 is 1.96 bits per heavy atom. The molecule has 2 aliphatic rings. The maximum atomic E-state index is 12.5. The van der Waals surface area contributed by atoms with Crippen LogP contribution in [0.1, 0.15) is 30.1 Å². The molecule has 1 amide bonds. The lowest BCUT2D eigenvalue weighted by Gasteiger charge is -2.35. The Balaban J connectivity index is 1.34. The van der Waals surface area contributed by atoms with Crippen molar-refractivity contribution in [1.82, 2.24) is 14.9 Å². The van der Waals surface area contributed by atoms with Crippen LogP contribution in [0.4, 0.5) is 5.82 Å². The van der Waals surface area contributed by atoms with E-state index in [1.54, 1.807) is 0 Å². The van der Waals surface area contributed by atoms with Crippen LogP contribution in [0.5, 0.6) is 0 Å². The summed E-state index contributed by atoms with van der Waals surface area (Å²) in [6.07, 6.45) is 4.66. The number of rotatable bonds is 4. The van der Waals surface area contributed by atoms with E-state index in [0.29, 0.717) is 17.4 Å². The molecule has 1 aromatic carbocycles. The van der Waals surface area contributed by atoms with Crippen LogP contribution in [0.25, 0.3) is 0 Å². The monoisotopic (exact) mass is 356 g/mol. The third-order valence-electron chi connectivity index (χ3n) is 4.80. The van der Waals surface area contributed by atoms with E-state index in [1.807, 2.05) is 41.4 Å². The SMILES string of the molecule is O=C(Cc1cccc(Cl)c1)N1CCN(c2ccnc(C3CC3)n2)CC1. The quantitative estimate of drug-likeness (QED) is 0.845. The van der Waals surface area contributed by atoms with E-state index in [-0.39, 0.29) is 5.91 Å². The minimum Gasteiger partial charge on any atom is -0.353 e. The van der Waals surface area contributed by atoms with Gasteiger partial charge in [0.2, 0.25) is 5.91 Å². The molecule has 0 radical (unpaired) electrons. The second-order valence-corrected chi connectivity index (χ2v) is 7.16. The van der Waals surface area contributed by atoms with Crippen LogP contribution in [0.3, 0.4) is 0 Å². The van der Waals surface area contributed by atoms with Gasteiger partial charge in [-0.25, -0.2) is 9.97 Å². The molecule has 0 bridgehead atoms. The maximum absolute atomic E-state index is 12.5. The van der Waals surface area contributed by atoms with Gasteiger partial charge >= 0.3 is 0 Å². The molecule has 0 atom stereocenters. The molecule has 6 heteroatoms. The standard InChI is InChI=1S/C19H21ClN4O/c20-16-3-1-2-14(12-16)13-18(25)24-10-8-23(9-11-24)17-6-7-21-19(22-17)15-4-5-15/h1-3,6-7,12,15H,4-5,8-11,13H2. The van der Waals surface area contributed by atoms with Crippen molar-refractivity contribution in [2.45, 2.75) is 25.2 Å². The normalized spacial score (nSPS) is 17.6. The summed E-state index contributed by atoms with van der Waals surface area (Å²) in [5.74, 6) is 2.67. The van der Waals surface area contributed by atoms with Gasteiger partial charge in [0.25, 0.3) is 0 Å². The van der Waals surface area contributed by atoms with Crippen LogP contribution >= 0.6 is 11.6 Å². The minimum absolute atomic E-state index is 0.156. The number of carbonyl (C=O) groups is 1. The largest absolute Gasteiger partial charge is 0.353 e. The topological polar surface area (TPSA) is 49.3 Å². The van der Waals surface area contributed by atoms with E-state index in [4.69, 9.17) is 16.6 Å². The second kappa shape index (κ2) is 7.00. The lowest BCUT2D eigenvalue weighted by atomic mass is 10.1. The Hall–Kier alpha value is -2.14. The van der Waals surface area contributed by atoms with Gasteiger partial charge in [-0.1, -0.05) is 23.7 Å². The lowest BCUT2D eigenvalue weighted by molar-refractivity contribution is -0.130. The molecule has 4 rings (SSSR count). The Labute approximate surface area is 152 Å². The number of hydrogen-bond donors (Lipinski definition) is 0. The van der Waals surface area contributed by atoms with Gasteiger partial charge in [0.05, 0.1) is 6.42 Å². The molecular formula is C19H21ClN4O. The van der Waals surface area contributed by atoms with Gasteiger partial charge in [-0.2, -0.15) is 0 Å². The number of benzene rings is 1. The van der Waals surface area contributed by atoms with Crippen molar-refractivity contribution in [2.24, 2.45) is 0 Å². The minimum atomic E-state index is 0.156. The van der Waals surface area contributed by atoms with Gasteiger partial charge in [0.15, 0.2) is 0 Å². The number of anilines is 1. The van der Waals surface area contributed by atoms with Crippen molar-refractivity contribution in [3.63, 3.8) is 0 Å². The molecule has 1 saturated carbocycles. The summed E-state index contributed by atoms with van der Waals surface area (Å²) in [5, 5.41) is 0.672. The fourth-order valence-electron chi connectivity index (χ4n) is 3.20. The number of aromatic nitrogens is 2. The van der Waals surface area contributed by atoms with E-state index < -0.39 is 0 Å². The van der Waals surface area contributed by atoms with Gasteiger partial charge in [-0.3, -0.25) is 4.79 Å². The van der Waals surface area contributed by atoms with Crippen molar-refractivity contribution in [2.75, 3.05) is 31.1 Å². The lowest BCUT2D eigenvalue weighted by Crippen LogP contribution is -2.49. The third-order valence-corrected chi connectivity index (χ3v) is 5.04. The Morgan fingerprint density at radius 1 is 1.16 bits per heavy atom. The van der Waals surface area contributed by atoms with E-state index in [9.17, 15) is 4.79 Å². The fourth-order valence-corrected chi connectivity index (χ4v) is 3.41. The molecule has 5 nitrogen and oxygen atoms in total. The summed E-state index contributed by atoms with van der Waals surface area (Å²) < 4.78 is 0. The zero-order valence-corrected chi connectivity index (χ0v) is 14.8. The van der Waals surface area contributed by atoms with Gasteiger partial charge < -0.3 is 9.80 Å². The van der Waals surface area contributed by atoms with E-state index in [1.165, 1.54) is 12.8 Å². The molecule has 0 unspecified atom stereocenters. The van der Waals surface area contributed by atoms with Crippen LogP contribution in [0.15, 0.2) is 36.5 Å². The number of nitrogens with zero attached hydrogens (tertiary/aromatic N) is 4. The fraction of sp³-hybridized carbons (Fsp3) is 0.421. The highest BCUT2D eigenvalue weighted by molar-refractivity contribution is 6.30. The van der Waals surface area contributed by atoms with Gasteiger partial charge in [-0.15, -0.1) is 0 Å². The summed E-state index contributed by atoms with van der Waals surface area (Å²) in [6.45, 7) is 3.06. The van der Waals surface area contributed by atoms with Crippen LogP contribution in [-0.2, 0) is 11.2 Å². The molecule has 0 N–H and O–H groups in total. The molecule has 130 valence electrons. The molecule has 2 heterocycles. The Kier molecular flexibility index (Phi) is 4.57. The molecular weight excluding hydrogens is 336 g/mol. The first-order chi connectivity index (χ1) is 12.2. The van der Waals surface area contributed by atoms with Crippen molar-refractivity contribution >= 4 is 23.3 Å². The van der Waals surface area contributed by atoms with E-state index in [0.717, 1.165) is 43.4 Å². The van der Waals surface area contributed by atoms with Crippen molar-refractivity contribution in [3.05, 3.63) is 52.9 Å². The van der Waals surface area contributed by atoms with Crippen molar-refractivity contribution < 1.29 is 4.79 Å². The van der Waals surface area contributed by atoms with Gasteiger partial charge in [0.1, 0.15) is 11.6 Å². The molecule has 0 spiro atoms. The Morgan fingerprint density at radius 3 is 2.68 bits per heavy atom. The van der Waals surface area contributed by atoms with Crippen LogP contribution in [-0.4, -0.2) is 47.0 Å². The molecule has 1 saturated heterocycles. The summed E-state index contributed by atoms with van der Waals surface area (Å²) >= 11 is 6.00. The number of hydrogen-bond acceptors (Lipinski definition) is 4. The zero-order chi connectivity index (χ0) is 17.2. The van der Waals surface area contributed by atoms with Crippen molar-refractivity contribution in [1.29, 1.82) is 0 Å². The predicted molar refractivity (Wildman–Crippen MR) is 98.0 cm³/mol. The van der Waals surface area contributed by atoms with Crippen LogP contribution in [0, 0.1) is 0 Å². The first-order valence-corrected chi connectivity index (χ1v) is 9.17. The molecule has 1 aliphatic carbocycles. The highest BCUT2D eigenvalue weighted by Gasteiger charge is 2.28. The zero-order valence-electron chi connectivity index (χ0n) is 14.1. The second-order valence-electron chi connectivity index (χ2n) is 6.72. The number of carbonyl (C=O) groups excluding carboxylic acids is 1. The van der Waals surface area contributed by atoms with Gasteiger partial charge in [0, 0.05) is 43.3 Å². The summed E-state index contributed by atoms with van der Waals surface area (Å²) in [4.78, 5) is 25.8. The maximum Gasteiger partial charge on any atom is 0.227 e. The summed E-state index contributed by atoms with van der Waals surface area (Å²) in [7, 11) is 0. The highest BCUT2D eigenvalue weighted by atomic mass is 35.5. The first kappa shape index (κ1) is 16.3. The smallest absolute Gasteiger partial charge is 0.227 e. The van der Waals surface area contributed by atoms with E-state index >= 15 is 0 Å². The van der Waals surface area contributed by atoms with Crippen LogP contribution < -0.4 is 4.90 Å². The number of piperazine rings is 1. The third kappa shape index (κ3) is 3.93. The molecule has 2 aromatic rings. The summed E-state index contributed by atoms with van der Waals surface area (Å²) in [5.41, 5.74) is 0.963. The van der Waals surface area contributed by atoms with E-state index in [2.05, 4.69) is 9.88 Å². The Bertz CT molecular complexity index is 770. The van der Waals surface area contributed by atoms with Crippen LogP contribution in [0.2, 0.25) is 5.02 Å². The van der Waals surface area contributed by atoms with Crippen molar-refractivity contribution in [3.8, 4) is 0 Å². The average Bonchev–Trinajstić information content (AvgIpc) is 3.47. The molecule has 1 aromatic heterocycles. The highest BCUT2D eigenvalue weighted by Crippen LogP contribution is 2.38.